The molecular weight excluding hydrogens is 412 g/mol. The molecule has 8 heteroatoms. The highest BCUT2D eigenvalue weighted by Gasteiger charge is 2.16. The molecule has 0 N–H and O–H groups in total. The van der Waals surface area contributed by atoms with Crippen LogP contribution < -0.4 is 4.74 Å². The number of hydrogen-bond acceptors (Lipinski definition) is 5. The minimum absolute atomic E-state index is 0.531. The van der Waals surface area contributed by atoms with Crippen LogP contribution in [0.25, 0.3) is 27.8 Å². The quantitative estimate of drug-likeness (QED) is 0.411. The van der Waals surface area contributed by atoms with Crippen LogP contribution in [0.2, 0.25) is 5.02 Å². The van der Waals surface area contributed by atoms with E-state index in [0.717, 1.165) is 39.0 Å². The van der Waals surface area contributed by atoms with Crippen molar-refractivity contribution >= 4 is 22.5 Å². The molecule has 3 aromatic heterocycles. The Balaban J connectivity index is 1.55. The molecule has 0 radical (unpaired) electrons. The maximum atomic E-state index is 6.89. The number of fused-ring (bicyclic) bond motifs is 1. The molecule has 0 bridgehead atoms. The minimum Gasteiger partial charge on any atom is -0.481 e. The summed E-state index contributed by atoms with van der Waals surface area (Å²) in [4.78, 5) is 4.69. The molecule has 2 aromatic carbocycles. The van der Waals surface area contributed by atoms with E-state index in [9.17, 15) is 0 Å². The van der Waals surface area contributed by atoms with Crippen LogP contribution in [0.15, 0.2) is 67.1 Å². The van der Waals surface area contributed by atoms with E-state index in [1.807, 2.05) is 54.3 Å². The molecule has 3 heterocycles. The third kappa shape index (κ3) is 3.53. The van der Waals surface area contributed by atoms with Gasteiger partial charge in [0.2, 0.25) is 5.88 Å². The van der Waals surface area contributed by atoms with Crippen molar-refractivity contribution in [3.63, 3.8) is 0 Å². The van der Waals surface area contributed by atoms with E-state index in [4.69, 9.17) is 21.3 Å². The number of pyridine rings is 1. The van der Waals surface area contributed by atoms with Gasteiger partial charge < -0.3 is 4.74 Å². The molecule has 5 rings (SSSR count). The number of aromatic nitrogens is 6. The van der Waals surface area contributed by atoms with Gasteiger partial charge in [-0.15, -0.1) is 5.10 Å². The van der Waals surface area contributed by atoms with Gasteiger partial charge in [-0.05, 0) is 35.9 Å². The van der Waals surface area contributed by atoms with Gasteiger partial charge >= 0.3 is 0 Å². The van der Waals surface area contributed by atoms with Crippen molar-refractivity contribution in [3.8, 4) is 22.8 Å². The molecule has 0 fully saturated rings. The number of aryl methyl sites for hydroxylation is 1. The van der Waals surface area contributed by atoms with Crippen molar-refractivity contribution in [2.24, 2.45) is 7.05 Å². The van der Waals surface area contributed by atoms with Gasteiger partial charge in [0, 0.05) is 42.4 Å². The Bertz CT molecular complexity index is 1360. The van der Waals surface area contributed by atoms with Crippen molar-refractivity contribution < 1.29 is 4.74 Å². The summed E-state index contributed by atoms with van der Waals surface area (Å²) in [6.45, 7) is 0. The molecule has 154 valence electrons. The summed E-state index contributed by atoms with van der Waals surface area (Å²) >= 11 is 6.89. The molecule has 31 heavy (non-hydrogen) atoms. The van der Waals surface area contributed by atoms with E-state index in [1.54, 1.807) is 24.2 Å². The van der Waals surface area contributed by atoms with Gasteiger partial charge in [-0.3, -0.25) is 0 Å². The smallest absolute Gasteiger partial charge is 0.218 e. The standard InChI is InChI=1S/C23H19ClN6O/c1-29-21(14-25-28-29)16-6-9-20-18(13-16)22(24)19(23(27-20)31-2)12-15-4-7-17(8-5-15)30-11-3-10-26-30/h3-11,13-14H,12H2,1-2H3. The Hall–Kier alpha value is -3.71. The van der Waals surface area contributed by atoms with E-state index in [-0.39, 0.29) is 0 Å². The first kappa shape index (κ1) is 19.3. The normalized spacial score (nSPS) is 11.2. The van der Waals surface area contributed by atoms with Crippen molar-refractivity contribution in [2.45, 2.75) is 6.42 Å². The molecule has 0 amide bonds. The Labute approximate surface area is 183 Å². The van der Waals surface area contributed by atoms with Crippen molar-refractivity contribution in [3.05, 3.63) is 83.3 Å². The summed E-state index contributed by atoms with van der Waals surface area (Å²) in [7, 11) is 3.48. The molecule has 0 spiro atoms. The molecule has 0 aliphatic heterocycles. The second-order valence-electron chi connectivity index (χ2n) is 7.18. The topological polar surface area (TPSA) is 70.7 Å². The zero-order valence-corrected chi connectivity index (χ0v) is 17.8. The maximum Gasteiger partial charge on any atom is 0.218 e. The van der Waals surface area contributed by atoms with Gasteiger partial charge in [-0.1, -0.05) is 35.0 Å². The Kier molecular flexibility index (Phi) is 4.88. The lowest BCUT2D eigenvalue weighted by molar-refractivity contribution is 0.395. The Morgan fingerprint density at radius 3 is 2.61 bits per heavy atom. The SMILES string of the molecule is COc1nc2ccc(-c3cnnn3C)cc2c(Cl)c1Cc1ccc(-n2cccn2)cc1. The van der Waals surface area contributed by atoms with Crippen LogP contribution in [0.5, 0.6) is 5.88 Å². The first-order valence-electron chi connectivity index (χ1n) is 9.74. The Morgan fingerprint density at radius 2 is 1.94 bits per heavy atom. The first-order chi connectivity index (χ1) is 15.1. The molecular formula is C23H19ClN6O. The summed E-state index contributed by atoms with van der Waals surface area (Å²) in [6.07, 6.45) is 6.00. The fraction of sp³-hybridized carbons (Fsp3) is 0.130. The van der Waals surface area contributed by atoms with Crippen LogP contribution in [-0.2, 0) is 13.5 Å². The molecule has 0 saturated heterocycles. The molecule has 0 unspecified atom stereocenters. The van der Waals surface area contributed by atoms with Gasteiger partial charge in [-0.25, -0.2) is 14.3 Å². The number of rotatable bonds is 5. The number of benzene rings is 2. The highest BCUT2D eigenvalue weighted by molar-refractivity contribution is 6.36. The van der Waals surface area contributed by atoms with E-state index in [0.29, 0.717) is 17.3 Å². The lowest BCUT2D eigenvalue weighted by Crippen LogP contribution is -2.00. The minimum atomic E-state index is 0.531. The molecule has 0 aliphatic rings. The fourth-order valence-corrected chi connectivity index (χ4v) is 3.97. The summed E-state index contributed by atoms with van der Waals surface area (Å²) in [5, 5.41) is 13.7. The summed E-state index contributed by atoms with van der Waals surface area (Å²) in [5.41, 5.74) is 5.61. The summed E-state index contributed by atoms with van der Waals surface area (Å²) < 4.78 is 9.13. The van der Waals surface area contributed by atoms with Crippen LogP contribution in [0, 0.1) is 0 Å². The van der Waals surface area contributed by atoms with Crippen LogP contribution in [0.1, 0.15) is 11.1 Å². The van der Waals surface area contributed by atoms with Crippen LogP contribution in [-0.4, -0.2) is 36.9 Å². The van der Waals surface area contributed by atoms with Gasteiger partial charge in [0.25, 0.3) is 0 Å². The number of halogens is 1. The third-order valence-electron chi connectivity index (χ3n) is 5.27. The third-order valence-corrected chi connectivity index (χ3v) is 5.70. The van der Waals surface area contributed by atoms with Crippen molar-refractivity contribution in [1.29, 1.82) is 0 Å². The molecule has 0 aliphatic carbocycles. The predicted molar refractivity (Wildman–Crippen MR) is 120 cm³/mol. The molecule has 7 nitrogen and oxygen atoms in total. The number of hydrogen-bond donors (Lipinski definition) is 0. The zero-order chi connectivity index (χ0) is 21.4. The summed E-state index contributed by atoms with van der Waals surface area (Å²) in [6, 6.07) is 16.0. The fourth-order valence-electron chi connectivity index (χ4n) is 3.67. The number of methoxy groups -OCH3 is 1. The molecule has 0 saturated carbocycles. The van der Waals surface area contributed by atoms with E-state index in [2.05, 4.69) is 27.5 Å². The first-order valence-corrected chi connectivity index (χ1v) is 10.1. The van der Waals surface area contributed by atoms with Gasteiger partial charge in [0.15, 0.2) is 0 Å². The van der Waals surface area contributed by atoms with Crippen molar-refractivity contribution in [1.82, 2.24) is 29.8 Å². The zero-order valence-electron chi connectivity index (χ0n) is 17.0. The van der Waals surface area contributed by atoms with E-state index in [1.165, 1.54) is 0 Å². The number of nitrogens with zero attached hydrogens (tertiary/aromatic N) is 6. The number of ether oxygens (including phenoxy) is 1. The van der Waals surface area contributed by atoms with Crippen LogP contribution in [0.4, 0.5) is 0 Å². The van der Waals surface area contributed by atoms with Gasteiger partial charge in [0.05, 0.1) is 35.2 Å². The van der Waals surface area contributed by atoms with E-state index >= 15 is 0 Å². The van der Waals surface area contributed by atoms with Gasteiger partial charge in [0.1, 0.15) is 0 Å². The highest BCUT2D eigenvalue weighted by atomic mass is 35.5. The average Bonchev–Trinajstić information content (AvgIpc) is 3.48. The monoisotopic (exact) mass is 430 g/mol. The van der Waals surface area contributed by atoms with Crippen LogP contribution >= 0.6 is 11.6 Å². The largest absolute Gasteiger partial charge is 0.481 e. The average molecular weight is 431 g/mol. The Morgan fingerprint density at radius 1 is 1.10 bits per heavy atom. The van der Waals surface area contributed by atoms with Crippen LogP contribution in [0.3, 0.4) is 0 Å². The second kappa shape index (κ2) is 7.85. The molecule has 5 aromatic rings. The highest BCUT2D eigenvalue weighted by Crippen LogP contribution is 2.36. The lowest BCUT2D eigenvalue weighted by Gasteiger charge is -2.14. The molecule has 0 atom stereocenters. The van der Waals surface area contributed by atoms with Crippen molar-refractivity contribution in [2.75, 3.05) is 7.11 Å². The van der Waals surface area contributed by atoms with E-state index < -0.39 is 0 Å². The maximum absolute atomic E-state index is 6.89. The summed E-state index contributed by atoms with van der Waals surface area (Å²) in [5.74, 6) is 0.531. The second-order valence-corrected chi connectivity index (χ2v) is 7.56. The lowest BCUT2D eigenvalue weighted by atomic mass is 10.0. The predicted octanol–water partition coefficient (Wildman–Crippen LogP) is 4.47. The van der Waals surface area contributed by atoms with Gasteiger partial charge in [-0.2, -0.15) is 5.10 Å².